The quantitative estimate of drug-likeness (QED) is 0.566. The smallest absolute Gasteiger partial charge is 0.426 e. The van der Waals surface area contributed by atoms with Crippen molar-refractivity contribution < 1.29 is 13.7 Å². The Hall–Kier alpha value is -1.88. The zero-order chi connectivity index (χ0) is 10.7. The Morgan fingerprint density at radius 1 is 1.53 bits per heavy atom. The number of hydrogen-bond acceptors (Lipinski definition) is 6. The highest BCUT2D eigenvalue weighted by Gasteiger charge is 2.06. The van der Waals surface area contributed by atoms with Gasteiger partial charge >= 0.3 is 8.25 Å². The van der Waals surface area contributed by atoms with E-state index in [-0.39, 0.29) is 0 Å². The first kappa shape index (κ1) is 9.67. The van der Waals surface area contributed by atoms with Gasteiger partial charge in [0.25, 0.3) is 0 Å². The fourth-order valence-corrected chi connectivity index (χ4v) is 1.46. The molecule has 0 aromatic carbocycles. The molecule has 2 aromatic heterocycles. The molecule has 0 aliphatic carbocycles. The maximum absolute atomic E-state index is 11.1. The van der Waals surface area contributed by atoms with Crippen LogP contribution in [0.5, 0.6) is 0 Å². The van der Waals surface area contributed by atoms with E-state index in [1.165, 1.54) is 23.6 Å². The summed E-state index contributed by atoms with van der Waals surface area (Å²) in [6.45, 7) is 3.26. The van der Waals surface area contributed by atoms with Gasteiger partial charge in [-0.1, -0.05) is 6.58 Å². The summed E-state index contributed by atoms with van der Waals surface area (Å²) >= 11 is 0. The Labute approximate surface area is 85.3 Å². The standard InChI is InChI=1S/C7H7N4O3P/c1-2-13-15(12)14-11-5-10-6-3-8-4-9-7(6)11/h2-5,15H,1H2. The average molecular weight is 226 g/mol. The van der Waals surface area contributed by atoms with Gasteiger partial charge in [0.1, 0.15) is 18.2 Å². The first-order valence-corrected chi connectivity index (χ1v) is 5.16. The van der Waals surface area contributed by atoms with E-state index in [1.54, 1.807) is 0 Å². The molecule has 15 heavy (non-hydrogen) atoms. The van der Waals surface area contributed by atoms with Gasteiger partial charge in [-0.25, -0.2) is 19.5 Å². The molecule has 0 fully saturated rings. The lowest BCUT2D eigenvalue weighted by Gasteiger charge is -2.03. The molecule has 8 heteroatoms. The predicted octanol–water partition coefficient (Wildman–Crippen LogP) is 0.805. The van der Waals surface area contributed by atoms with Gasteiger partial charge in [-0.05, 0) is 0 Å². The molecule has 0 N–H and O–H groups in total. The van der Waals surface area contributed by atoms with E-state index in [0.717, 1.165) is 6.26 Å². The number of hydrogen-bond donors (Lipinski definition) is 0. The first-order chi connectivity index (χ1) is 7.31. The van der Waals surface area contributed by atoms with Crippen molar-refractivity contribution in [3.8, 4) is 0 Å². The summed E-state index contributed by atoms with van der Waals surface area (Å²) in [7, 11) is -2.66. The molecule has 0 aliphatic rings. The van der Waals surface area contributed by atoms with Crippen molar-refractivity contribution in [2.45, 2.75) is 0 Å². The molecule has 2 heterocycles. The van der Waals surface area contributed by atoms with Crippen molar-refractivity contribution in [2.24, 2.45) is 0 Å². The molecule has 78 valence electrons. The molecule has 0 saturated carbocycles. The molecule has 2 aromatic rings. The van der Waals surface area contributed by atoms with E-state index >= 15 is 0 Å². The molecule has 0 saturated heterocycles. The lowest BCUT2D eigenvalue weighted by molar-refractivity contribution is 0.250. The molecule has 0 amide bonds. The van der Waals surface area contributed by atoms with E-state index in [1.807, 2.05) is 0 Å². The third-order valence-corrected chi connectivity index (χ3v) is 2.24. The van der Waals surface area contributed by atoms with Gasteiger partial charge in [0.15, 0.2) is 5.65 Å². The van der Waals surface area contributed by atoms with Crippen LogP contribution < -0.4 is 4.62 Å². The van der Waals surface area contributed by atoms with E-state index in [4.69, 9.17) is 4.62 Å². The Bertz CT molecular complexity index is 512. The second-order valence-electron chi connectivity index (χ2n) is 2.43. The summed E-state index contributed by atoms with van der Waals surface area (Å²) in [6.07, 6.45) is 5.26. The monoisotopic (exact) mass is 226 g/mol. The predicted molar refractivity (Wildman–Crippen MR) is 52.2 cm³/mol. The highest BCUT2D eigenvalue weighted by atomic mass is 31.1. The second-order valence-corrected chi connectivity index (χ2v) is 3.35. The van der Waals surface area contributed by atoms with E-state index < -0.39 is 8.25 Å². The van der Waals surface area contributed by atoms with Gasteiger partial charge in [-0.15, -0.1) is 4.73 Å². The van der Waals surface area contributed by atoms with Crippen LogP contribution in [0.4, 0.5) is 0 Å². The minimum absolute atomic E-state index is 0.427. The van der Waals surface area contributed by atoms with Gasteiger partial charge in [-0.3, -0.25) is 0 Å². The minimum atomic E-state index is -2.66. The lowest BCUT2D eigenvalue weighted by atomic mass is 10.6. The Kier molecular flexibility index (Phi) is 2.64. The zero-order valence-corrected chi connectivity index (χ0v) is 8.53. The van der Waals surface area contributed by atoms with Gasteiger partial charge in [0.05, 0.1) is 12.5 Å². The fourth-order valence-electron chi connectivity index (χ4n) is 0.983. The molecule has 1 unspecified atom stereocenters. The molecular weight excluding hydrogens is 219 g/mol. The molecular formula is C7H7N4O3P. The molecule has 0 radical (unpaired) electrons. The van der Waals surface area contributed by atoms with Crippen LogP contribution in [0.15, 0.2) is 31.7 Å². The van der Waals surface area contributed by atoms with Crippen LogP contribution in [0.25, 0.3) is 11.2 Å². The van der Waals surface area contributed by atoms with Crippen LogP contribution in [0.3, 0.4) is 0 Å². The topological polar surface area (TPSA) is 79.1 Å². The summed E-state index contributed by atoms with van der Waals surface area (Å²) in [5.74, 6) is 0. The number of fused-ring (bicyclic) bond motifs is 1. The summed E-state index contributed by atoms with van der Waals surface area (Å²) < 4.78 is 21.8. The third kappa shape index (κ3) is 1.97. The zero-order valence-electron chi connectivity index (χ0n) is 7.53. The minimum Gasteiger partial charge on any atom is -0.426 e. The van der Waals surface area contributed by atoms with Crippen molar-refractivity contribution in [3.63, 3.8) is 0 Å². The second kappa shape index (κ2) is 4.10. The van der Waals surface area contributed by atoms with Crippen LogP contribution >= 0.6 is 8.25 Å². The maximum Gasteiger partial charge on any atom is 0.436 e. The van der Waals surface area contributed by atoms with E-state index in [2.05, 4.69) is 26.1 Å². The van der Waals surface area contributed by atoms with E-state index in [9.17, 15) is 4.57 Å². The summed E-state index contributed by atoms with van der Waals surface area (Å²) in [5.41, 5.74) is 0.974. The van der Waals surface area contributed by atoms with Crippen LogP contribution in [0.1, 0.15) is 0 Å². The van der Waals surface area contributed by atoms with Crippen LogP contribution in [-0.4, -0.2) is 19.7 Å². The van der Waals surface area contributed by atoms with Crippen LogP contribution in [0, 0.1) is 0 Å². The largest absolute Gasteiger partial charge is 0.436 e. The average Bonchev–Trinajstić information content (AvgIpc) is 2.62. The molecule has 0 aliphatic heterocycles. The van der Waals surface area contributed by atoms with Crippen LogP contribution in [-0.2, 0) is 9.09 Å². The lowest BCUT2D eigenvalue weighted by Crippen LogP contribution is -2.02. The van der Waals surface area contributed by atoms with Crippen molar-refractivity contribution in [3.05, 3.63) is 31.7 Å². The van der Waals surface area contributed by atoms with Gasteiger partial charge in [-0.2, -0.15) is 0 Å². The summed E-state index contributed by atoms with van der Waals surface area (Å²) in [6, 6.07) is 0. The summed E-state index contributed by atoms with van der Waals surface area (Å²) in [4.78, 5) is 11.6. The molecule has 7 nitrogen and oxygen atoms in total. The normalized spacial score (nSPS) is 12.3. The first-order valence-electron chi connectivity index (χ1n) is 3.94. The Morgan fingerprint density at radius 3 is 3.20 bits per heavy atom. The third-order valence-electron chi connectivity index (χ3n) is 1.54. The van der Waals surface area contributed by atoms with Crippen molar-refractivity contribution in [2.75, 3.05) is 0 Å². The van der Waals surface area contributed by atoms with Crippen LogP contribution in [0.2, 0.25) is 0 Å². The van der Waals surface area contributed by atoms with Crippen molar-refractivity contribution >= 4 is 19.4 Å². The number of rotatable bonds is 4. The van der Waals surface area contributed by atoms with Gasteiger partial charge in [0.2, 0.25) is 0 Å². The highest BCUT2D eigenvalue weighted by molar-refractivity contribution is 7.33. The SMILES string of the molecule is C=CO[PH](=O)On1cnc2cncnc21. The number of nitrogens with zero attached hydrogens (tertiary/aromatic N) is 4. The Morgan fingerprint density at radius 2 is 2.40 bits per heavy atom. The summed E-state index contributed by atoms with van der Waals surface area (Å²) in [5, 5.41) is 0. The fraction of sp³-hybridized carbons (Fsp3) is 0. The van der Waals surface area contributed by atoms with Crippen molar-refractivity contribution in [1.82, 2.24) is 19.7 Å². The molecule has 0 spiro atoms. The molecule has 2 rings (SSSR count). The van der Waals surface area contributed by atoms with E-state index in [0.29, 0.717) is 11.2 Å². The molecule has 1 atom stereocenters. The highest BCUT2D eigenvalue weighted by Crippen LogP contribution is 2.20. The van der Waals surface area contributed by atoms with Gasteiger partial charge in [0, 0.05) is 0 Å². The van der Waals surface area contributed by atoms with Gasteiger partial charge < -0.3 is 9.15 Å². The molecule has 0 bridgehead atoms. The van der Waals surface area contributed by atoms with Crippen molar-refractivity contribution in [1.29, 1.82) is 0 Å². The number of aromatic nitrogens is 4. The number of imidazole rings is 1. The maximum atomic E-state index is 11.1. The Balaban J connectivity index is 2.28.